The number of aromatic amines is 1. The number of nitrogens with zero attached hydrogens (tertiary/aromatic N) is 3. The van der Waals surface area contributed by atoms with E-state index < -0.39 is 0 Å². The summed E-state index contributed by atoms with van der Waals surface area (Å²) in [5.41, 5.74) is 3.69. The molecule has 0 atom stereocenters. The molecular weight excluding hydrogens is 411 g/mol. The Morgan fingerprint density at radius 1 is 1.00 bits per heavy atom. The monoisotopic (exact) mass is 428 g/mol. The average Bonchev–Trinajstić information content (AvgIpc) is 3.37. The highest BCUT2D eigenvalue weighted by Gasteiger charge is 2.21. The third-order valence-corrected chi connectivity index (χ3v) is 5.93. The Bertz CT molecular complexity index is 1430. The predicted molar refractivity (Wildman–Crippen MR) is 123 cm³/mol. The molecule has 0 aliphatic rings. The van der Waals surface area contributed by atoms with Gasteiger partial charge in [-0.15, -0.1) is 0 Å². The molecule has 0 aliphatic heterocycles. The van der Waals surface area contributed by atoms with Gasteiger partial charge in [-0.25, -0.2) is 9.37 Å². The summed E-state index contributed by atoms with van der Waals surface area (Å²) in [4.78, 5) is 22.7. The van der Waals surface area contributed by atoms with Gasteiger partial charge in [-0.05, 0) is 43.3 Å². The molecule has 5 aromatic rings. The fraction of sp³-hybridized carbons (Fsp3) is 0.0417. The van der Waals surface area contributed by atoms with E-state index in [0.29, 0.717) is 27.8 Å². The van der Waals surface area contributed by atoms with Crippen molar-refractivity contribution in [1.82, 2.24) is 14.8 Å². The Morgan fingerprint density at radius 2 is 1.71 bits per heavy atom. The van der Waals surface area contributed by atoms with E-state index in [9.17, 15) is 9.18 Å². The number of nitrogens with one attached hydrogen (secondary N) is 1. The van der Waals surface area contributed by atoms with Crippen LogP contribution in [0.5, 0.6) is 0 Å². The molecule has 0 saturated carbocycles. The van der Waals surface area contributed by atoms with Gasteiger partial charge in [0.15, 0.2) is 0 Å². The van der Waals surface area contributed by atoms with Crippen molar-refractivity contribution in [3.05, 3.63) is 101 Å². The summed E-state index contributed by atoms with van der Waals surface area (Å²) in [6, 6.07) is 23.2. The molecule has 5 rings (SSSR count). The molecular formula is C24H17FN4OS. The zero-order chi connectivity index (χ0) is 21.4. The number of thiazole rings is 1. The van der Waals surface area contributed by atoms with E-state index in [1.807, 2.05) is 54.6 Å². The average molecular weight is 428 g/mol. The summed E-state index contributed by atoms with van der Waals surface area (Å²) < 4.78 is 15.7. The van der Waals surface area contributed by atoms with Crippen molar-refractivity contribution >= 4 is 33.0 Å². The molecule has 31 heavy (non-hydrogen) atoms. The third-order valence-electron chi connectivity index (χ3n) is 4.91. The molecule has 152 valence electrons. The fourth-order valence-corrected chi connectivity index (χ4v) is 4.37. The first-order chi connectivity index (χ1) is 15.1. The Morgan fingerprint density at radius 3 is 2.45 bits per heavy atom. The van der Waals surface area contributed by atoms with Gasteiger partial charge >= 0.3 is 0 Å². The maximum absolute atomic E-state index is 13.5. The lowest BCUT2D eigenvalue weighted by molar-refractivity contribution is 0.628. The highest BCUT2D eigenvalue weighted by atomic mass is 32.1. The second-order valence-electron chi connectivity index (χ2n) is 7.01. The fourth-order valence-electron chi connectivity index (χ4n) is 3.44. The molecule has 7 heteroatoms. The molecule has 2 heterocycles. The number of aromatic nitrogens is 3. The number of H-pyrrole nitrogens is 1. The van der Waals surface area contributed by atoms with Gasteiger partial charge in [0.1, 0.15) is 5.82 Å². The molecule has 1 N–H and O–H groups in total. The van der Waals surface area contributed by atoms with E-state index in [4.69, 9.17) is 0 Å². The van der Waals surface area contributed by atoms with Gasteiger partial charge in [-0.1, -0.05) is 53.8 Å². The highest BCUT2D eigenvalue weighted by Crippen LogP contribution is 2.27. The van der Waals surface area contributed by atoms with Gasteiger partial charge in [-0.3, -0.25) is 14.9 Å². The predicted octanol–water partition coefficient (Wildman–Crippen LogP) is 5.72. The normalized spacial score (nSPS) is 11.9. The molecule has 0 unspecified atom stereocenters. The Labute approximate surface area is 181 Å². The van der Waals surface area contributed by atoms with Crippen LogP contribution in [0.3, 0.4) is 0 Å². The molecule has 0 radical (unpaired) electrons. The minimum absolute atomic E-state index is 0.235. The number of rotatable bonds is 4. The lowest BCUT2D eigenvalue weighted by atomic mass is 10.1. The van der Waals surface area contributed by atoms with E-state index in [1.165, 1.54) is 28.2 Å². The molecule has 0 amide bonds. The van der Waals surface area contributed by atoms with Crippen LogP contribution in [0.1, 0.15) is 12.5 Å². The molecule has 0 aliphatic carbocycles. The van der Waals surface area contributed by atoms with E-state index in [0.717, 1.165) is 15.8 Å². The standard InChI is InChI=1S/C24H17FN4OS/c1-15(26-18-13-11-17(25)12-14-18)21-22(16-7-3-2-4-8-16)28-29(23(21)30)24-27-19-9-5-6-10-20(19)31-24/h2-14,28H,1H3. The second-order valence-corrected chi connectivity index (χ2v) is 8.02. The number of hydrogen-bond donors (Lipinski definition) is 1. The van der Waals surface area contributed by atoms with Gasteiger partial charge < -0.3 is 0 Å². The lowest BCUT2D eigenvalue weighted by Crippen LogP contribution is -2.19. The second kappa shape index (κ2) is 7.77. The van der Waals surface area contributed by atoms with Crippen molar-refractivity contribution in [1.29, 1.82) is 0 Å². The van der Waals surface area contributed by atoms with Crippen LogP contribution >= 0.6 is 11.3 Å². The zero-order valence-electron chi connectivity index (χ0n) is 16.5. The van der Waals surface area contributed by atoms with Crippen LogP contribution in [-0.2, 0) is 0 Å². The van der Waals surface area contributed by atoms with Crippen molar-refractivity contribution in [3.8, 4) is 16.4 Å². The highest BCUT2D eigenvalue weighted by molar-refractivity contribution is 7.20. The maximum atomic E-state index is 13.5. The number of aliphatic imine (C=N–C) groups is 1. The van der Waals surface area contributed by atoms with E-state index in [-0.39, 0.29) is 11.4 Å². The van der Waals surface area contributed by atoms with Gasteiger partial charge in [0, 0.05) is 5.56 Å². The van der Waals surface area contributed by atoms with Crippen molar-refractivity contribution in [2.45, 2.75) is 6.92 Å². The van der Waals surface area contributed by atoms with Crippen molar-refractivity contribution in [2.75, 3.05) is 0 Å². The van der Waals surface area contributed by atoms with E-state index in [1.54, 1.807) is 19.1 Å². The molecule has 0 bridgehead atoms. The number of halogens is 1. The number of para-hydroxylation sites is 1. The van der Waals surface area contributed by atoms with E-state index >= 15 is 0 Å². The molecule has 3 aromatic carbocycles. The first kappa shape index (κ1) is 19.1. The van der Waals surface area contributed by atoms with Gasteiger partial charge in [0.2, 0.25) is 5.13 Å². The number of fused-ring (bicyclic) bond motifs is 1. The maximum Gasteiger partial charge on any atom is 0.283 e. The summed E-state index contributed by atoms with van der Waals surface area (Å²) in [5, 5.41) is 3.79. The van der Waals surface area contributed by atoms with E-state index in [2.05, 4.69) is 15.1 Å². The van der Waals surface area contributed by atoms with Crippen LogP contribution in [0, 0.1) is 5.82 Å². The Kier molecular flexibility index (Phi) is 4.80. The molecule has 5 nitrogen and oxygen atoms in total. The first-order valence-corrected chi connectivity index (χ1v) is 10.5. The quantitative estimate of drug-likeness (QED) is 0.372. The zero-order valence-corrected chi connectivity index (χ0v) is 17.4. The van der Waals surface area contributed by atoms with Crippen molar-refractivity contribution in [3.63, 3.8) is 0 Å². The van der Waals surface area contributed by atoms with Gasteiger partial charge in [0.25, 0.3) is 5.56 Å². The van der Waals surface area contributed by atoms with Gasteiger partial charge in [0.05, 0.1) is 32.9 Å². The number of benzene rings is 3. The largest absolute Gasteiger partial charge is 0.288 e. The summed E-state index contributed by atoms with van der Waals surface area (Å²) in [6.07, 6.45) is 0. The SMILES string of the molecule is CC(=Nc1ccc(F)cc1)c1c(-c2ccccc2)[nH]n(-c2nc3ccccc3s2)c1=O. The van der Waals surface area contributed by atoms with Crippen LogP contribution in [0.25, 0.3) is 26.6 Å². The Balaban J connectivity index is 1.71. The van der Waals surface area contributed by atoms with Crippen LogP contribution in [-0.4, -0.2) is 20.5 Å². The first-order valence-electron chi connectivity index (χ1n) is 9.68. The summed E-state index contributed by atoms with van der Waals surface area (Å²) >= 11 is 1.44. The topological polar surface area (TPSA) is 63.0 Å². The Hall–Kier alpha value is -3.84. The summed E-state index contributed by atoms with van der Waals surface area (Å²) in [6.45, 7) is 1.78. The van der Waals surface area contributed by atoms with Crippen LogP contribution in [0.4, 0.5) is 10.1 Å². The minimum Gasteiger partial charge on any atom is -0.288 e. The summed E-state index contributed by atoms with van der Waals surface area (Å²) in [7, 11) is 0. The van der Waals surface area contributed by atoms with Crippen LogP contribution in [0.15, 0.2) is 88.6 Å². The molecule has 2 aromatic heterocycles. The molecule has 0 saturated heterocycles. The minimum atomic E-state index is -0.332. The number of hydrogen-bond acceptors (Lipinski definition) is 4. The van der Waals surface area contributed by atoms with Crippen LogP contribution in [0.2, 0.25) is 0 Å². The van der Waals surface area contributed by atoms with Crippen molar-refractivity contribution in [2.24, 2.45) is 4.99 Å². The van der Waals surface area contributed by atoms with Crippen molar-refractivity contribution < 1.29 is 4.39 Å². The molecule has 0 fully saturated rings. The molecule has 0 spiro atoms. The van der Waals surface area contributed by atoms with Gasteiger partial charge in [-0.2, -0.15) is 4.68 Å². The van der Waals surface area contributed by atoms with Crippen LogP contribution < -0.4 is 5.56 Å². The third kappa shape index (κ3) is 3.60. The smallest absolute Gasteiger partial charge is 0.283 e. The lowest BCUT2D eigenvalue weighted by Gasteiger charge is -2.03. The summed E-state index contributed by atoms with van der Waals surface area (Å²) in [5.74, 6) is -0.332.